The van der Waals surface area contributed by atoms with Crippen LogP contribution in [0.3, 0.4) is 0 Å². The van der Waals surface area contributed by atoms with Crippen molar-refractivity contribution in [1.29, 1.82) is 0 Å². The molecule has 2 aromatic heterocycles. The van der Waals surface area contributed by atoms with Crippen LogP contribution in [-0.2, 0) is 19.5 Å². The summed E-state index contributed by atoms with van der Waals surface area (Å²) in [5, 5.41) is 9.58. The first-order valence-corrected chi connectivity index (χ1v) is 11.2. The Hall–Kier alpha value is -3.07. The molecule has 2 N–H and O–H groups in total. The zero-order valence-corrected chi connectivity index (χ0v) is 18.8. The lowest BCUT2D eigenvalue weighted by Crippen LogP contribution is -2.41. The molecule has 1 aromatic carbocycles. The summed E-state index contributed by atoms with van der Waals surface area (Å²) < 4.78 is 2.61. The van der Waals surface area contributed by atoms with Crippen molar-refractivity contribution in [1.82, 2.24) is 24.0 Å². The molecule has 0 radical (unpaired) electrons. The molecule has 1 amide bonds. The lowest BCUT2D eigenvalue weighted by Gasteiger charge is -2.19. The number of fused-ring (bicyclic) bond motifs is 1. The van der Waals surface area contributed by atoms with Gasteiger partial charge in [-0.25, -0.2) is 9.59 Å². The topological polar surface area (TPSA) is 113 Å². The number of nitrogens with zero attached hydrogens (tertiary/aromatic N) is 4. The Labute approximate surface area is 190 Å². The number of aromatic nitrogens is 4. The lowest BCUT2D eigenvalue weighted by atomic mass is 10.1. The first-order chi connectivity index (χ1) is 15.4. The molecule has 3 aromatic rings. The van der Waals surface area contributed by atoms with Crippen LogP contribution in [0.4, 0.5) is 4.79 Å². The van der Waals surface area contributed by atoms with Crippen LogP contribution in [0, 0.1) is 0 Å². The molecule has 3 rings (SSSR count). The van der Waals surface area contributed by atoms with Gasteiger partial charge in [-0.05, 0) is 36.4 Å². The first kappa shape index (κ1) is 23.6. The Bertz CT molecular complexity index is 1170. The SMILES string of the molecule is CCCCCn1c(=O)n(CCCN(CCc2ccccc2)C(=O)O)c(=O)c2[nH]c(Cl)nc21. The van der Waals surface area contributed by atoms with Gasteiger partial charge in [0.1, 0.15) is 0 Å². The maximum atomic E-state index is 13.0. The fraction of sp³-hybridized carbons (Fsp3) is 0.455. The van der Waals surface area contributed by atoms with Gasteiger partial charge in [-0.2, -0.15) is 4.98 Å². The smallest absolute Gasteiger partial charge is 0.407 e. The lowest BCUT2D eigenvalue weighted by molar-refractivity contribution is 0.144. The minimum Gasteiger partial charge on any atom is -0.465 e. The van der Waals surface area contributed by atoms with Crippen LogP contribution in [-0.4, -0.2) is 48.3 Å². The van der Waals surface area contributed by atoms with Crippen LogP contribution in [0.15, 0.2) is 39.9 Å². The number of amides is 1. The van der Waals surface area contributed by atoms with Crippen molar-refractivity contribution in [3.8, 4) is 0 Å². The third kappa shape index (κ3) is 5.59. The molecule has 0 aliphatic rings. The number of H-pyrrole nitrogens is 1. The fourth-order valence-corrected chi connectivity index (χ4v) is 3.86. The maximum absolute atomic E-state index is 13.0. The van der Waals surface area contributed by atoms with E-state index in [2.05, 4.69) is 16.9 Å². The molecule has 0 saturated heterocycles. The Morgan fingerprint density at radius 2 is 1.81 bits per heavy atom. The number of rotatable bonds is 11. The van der Waals surface area contributed by atoms with Crippen LogP contribution >= 0.6 is 11.6 Å². The summed E-state index contributed by atoms with van der Waals surface area (Å²) in [6.07, 6.45) is 2.61. The van der Waals surface area contributed by atoms with Gasteiger partial charge in [0, 0.05) is 26.2 Å². The minimum absolute atomic E-state index is 0.0523. The van der Waals surface area contributed by atoms with Crippen LogP contribution < -0.4 is 11.2 Å². The highest BCUT2D eigenvalue weighted by Gasteiger charge is 2.18. The number of hydrogen-bond acceptors (Lipinski definition) is 4. The molecular formula is C22H28ClN5O4. The fourth-order valence-electron chi connectivity index (χ4n) is 3.69. The van der Waals surface area contributed by atoms with E-state index in [9.17, 15) is 19.5 Å². The summed E-state index contributed by atoms with van der Waals surface area (Å²) in [5.41, 5.74) is 0.541. The predicted molar refractivity (Wildman–Crippen MR) is 124 cm³/mol. The van der Waals surface area contributed by atoms with E-state index in [0.29, 0.717) is 25.9 Å². The molecule has 0 bridgehead atoms. The van der Waals surface area contributed by atoms with E-state index < -0.39 is 17.3 Å². The number of unbranched alkanes of at least 4 members (excludes halogenated alkanes) is 2. The van der Waals surface area contributed by atoms with Crippen LogP contribution in [0.2, 0.25) is 5.28 Å². The van der Waals surface area contributed by atoms with Crippen molar-refractivity contribution in [3.05, 3.63) is 62.0 Å². The van der Waals surface area contributed by atoms with Gasteiger partial charge in [-0.3, -0.25) is 13.9 Å². The Kier molecular flexibility index (Phi) is 8.10. The molecule has 9 nitrogen and oxygen atoms in total. The van der Waals surface area contributed by atoms with E-state index in [1.165, 1.54) is 9.47 Å². The molecule has 172 valence electrons. The summed E-state index contributed by atoms with van der Waals surface area (Å²) in [6.45, 7) is 3.16. The number of carboxylic acid groups (broad SMARTS) is 1. The Morgan fingerprint density at radius 1 is 1.09 bits per heavy atom. The van der Waals surface area contributed by atoms with Gasteiger partial charge in [0.15, 0.2) is 11.2 Å². The van der Waals surface area contributed by atoms with E-state index in [1.54, 1.807) is 0 Å². The number of nitrogens with one attached hydrogen (secondary N) is 1. The summed E-state index contributed by atoms with van der Waals surface area (Å²) in [6, 6.07) is 9.64. The molecule has 0 fully saturated rings. The molecule has 0 saturated carbocycles. The predicted octanol–water partition coefficient (Wildman–Crippen LogP) is 3.34. The van der Waals surface area contributed by atoms with Gasteiger partial charge in [0.25, 0.3) is 5.56 Å². The van der Waals surface area contributed by atoms with Gasteiger partial charge >= 0.3 is 11.8 Å². The van der Waals surface area contributed by atoms with Crippen molar-refractivity contribution >= 4 is 28.9 Å². The summed E-state index contributed by atoms with van der Waals surface area (Å²) in [7, 11) is 0. The largest absolute Gasteiger partial charge is 0.465 e. The van der Waals surface area contributed by atoms with Gasteiger partial charge in [-0.1, -0.05) is 50.1 Å². The van der Waals surface area contributed by atoms with E-state index in [0.717, 1.165) is 29.4 Å². The summed E-state index contributed by atoms with van der Waals surface area (Å²) >= 11 is 5.96. The zero-order valence-electron chi connectivity index (χ0n) is 18.1. The number of aryl methyl sites for hydroxylation is 1. The van der Waals surface area contributed by atoms with E-state index in [-0.39, 0.29) is 29.5 Å². The number of aromatic amines is 1. The number of carbonyl (C=O) groups is 1. The minimum atomic E-state index is -1.03. The Morgan fingerprint density at radius 3 is 2.50 bits per heavy atom. The molecule has 32 heavy (non-hydrogen) atoms. The standard InChI is InChI=1S/C22H28ClN5O4/c1-2-3-7-13-27-18-17(24-20(23)25-18)19(29)28(21(27)30)14-8-12-26(22(31)32)15-11-16-9-5-4-6-10-16/h4-6,9-10H,2-3,7-8,11-15H2,1H3,(H,24,25)(H,31,32). The van der Waals surface area contributed by atoms with Crippen molar-refractivity contribution in [3.63, 3.8) is 0 Å². The average molecular weight is 462 g/mol. The molecule has 10 heteroatoms. The quantitative estimate of drug-likeness (QED) is 0.336. The van der Waals surface area contributed by atoms with Crippen LogP contribution in [0.25, 0.3) is 11.2 Å². The van der Waals surface area contributed by atoms with Crippen molar-refractivity contribution in [2.24, 2.45) is 0 Å². The molecule has 0 atom stereocenters. The summed E-state index contributed by atoms with van der Waals surface area (Å²) in [4.78, 5) is 45.7. The number of halogens is 1. The van der Waals surface area contributed by atoms with E-state index in [4.69, 9.17) is 11.6 Å². The molecule has 0 spiro atoms. The normalized spacial score (nSPS) is 11.2. The molecular weight excluding hydrogens is 434 g/mol. The van der Waals surface area contributed by atoms with Crippen LogP contribution in [0.5, 0.6) is 0 Å². The summed E-state index contributed by atoms with van der Waals surface area (Å²) in [5.74, 6) is 0. The van der Waals surface area contributed by atoms with Crippen molar-refractivity contribution in [2.45, 2.75) is 52.1 Å². The number of hydrogen-bond donors (Lipinski definition) is 2. The number of imidazole rings is 1. The monoisotopic (exact) mass is 461 g/mol. The highest BCUT2D eigenvalue weighted by molar-refractivity contribution is 6.28. The van der Waals surface area contributed by atoms with Gasteiger partial charge in [-0.15, -0.1) is 0 Å². The highest BCUT2D eigenvalue weighted by atomic mass is 35.5. The molecule has 0 unspecified atom stereocenters. The second-order valence-corrected chi connectivity index (χ2v) is 8.04. The highest BCUT2D eigenvalue weighted by Crippen LogP contribution is 2.11. The Balaban J connectivity index is 1.75. The third-order valence-electron chi connectivity index (χ3n) is 5.41. The zero-order chi connectivity index (χ0) is 23.1. The second kappa shape index (κ2) is 11.0. The maximum Gasteiger partial charge on any atom is 0.407 e. The van der Waals surface area contributed by atoms with Gasteiger partial charge in [0.05, 0.1) is 0 Å². The van der Waals surface area contributed by atoms with E-state index >= 15 is 0 Å². The van der Waals surface area contributed by atoms with Gasteiger partial charge < -0.3 is 15.0 Å². The molecule has 0 aliphatic heterocycles. The van der Waals surface area contributed by atoms with Gasteiger partial charge in [0.2, 0.25) is 5.28 Å². The molecule has 2 heterocycles. The van der Waals surface area contributed by atoms with Crippen LogP contribution in [0.1, 0.15) is 38.2 Å². The number of benzene rings is 1. The van der Waals surface area contributed by atoms with Crippen molar-refractivity contribution in [2.75, 3.05) is 13.1 Å². The third-order valence-corrected chi connectivity index (χ3v) is 5.59. The van der Waals surface area contributed by atoms with E-state index in [1.807, 2.05) is 30.3 Å². The second-order valence-electron chi connectivity index (χ2n) is 7.68. The molecule has 0 aliphatic carbocycles. The first-order valence-electron chi connectivity index (χ1n) is 10.8. The average Bonchev–Trinajstić information content (AvgIpc) is 3.17. The van der Waals surface area contributed by atoms with Crippen molar-refractivity contribution < 1.29 is 9.90 Å².